The third-order valence-corrected chi connectivity index (χ3v) is 4.60. The number of carbonyl (C=O) groups is 1. The van der Waals surface area contributed by atoms with Crippen molar-refractivity contribution in [2.45, 2.75) is 20.5 Å². The topological polar surface area (TPSA) is 92.1 Å². The molecule has 1 heterocycles. The molecule has 1 aliphatic rings. The fourth-order valence-electron chi connectivity index (χ4n) is 3.01. The quantitative estimate of drug-likeness (QED) is 0.394. The van der Waals surface area contributed by atoms with Crippen molar-refractivity contribution in [1.82, 2.24) is 10.4 Å². The molecule has 0 saturated heterocycles. The second-order valence-electron chi connectivity index (χ2n) is 6.95. The van der Waals surface area contributed by atoms with Crippen LogP contribution in [0.25, 0.3) is 0 Å². The summed E-state index contributed by atoms with van der Waals surface area (Å²) in [4.78, 5) is 12.0. The minimum Gasteiger partial charge on any atom is -0.496 e. The Morgan fingerprint density at radius 1 is 1.28 bits per heavy atom. The van der Waals surface area contributed by atoms with Crippen LogP contribution in [-0.2, 0) is 6.61 Å². The molecule has 4 N–H and O–H groups in total. The first-order valence-electron chi connectivity index (χ1n) is 9.28. The Morgan fingerprint density at radius 2 is 2.07 bits per heavy atom. The van der Waals surface area contributed by atoms with Crippen molar-refractivity contribution in [2.24, 2.45) is 5.84 Å². The van der Waals surface area contributed by atoms with Crippen molar-refractivity contribution < 1.29 is 14.3 Å². The number of ether oxygens (including phenoxy) is 2. The molecule has 0 aliphatic carbocycles. The SMILES string of the molecule is COc1cccc(NC(=O)N(C)N)c1COc1ccc(N2C=C(C)CN2)cc1C. The summed E-state index contributed by atoms with van der Waals surface area (Å²) in [6, 6.07) is 11.0. The summed E-state index contributed by atoms with van der Waals surface area (Å²) in [5, 5.41) is 5.75. The number of methoxy groups -OCH3 is 1. The molecule has 0 aromatic heterocycles. The summed E-state index contributed by atoms with van der Waals surface area (Å²) in [5.74, 6) is 6.89. The summed E-state index contributed by atoms with van der Waals surface area (Å²) >= 11 is 0. The van der Waals surface area contributed by atoms with Gasteiger partial charge in [0.25, 0.3) is 0 Å². The van der Waals surface area contributed by atoms with Crippen LogP contribution in [0.4, 0.5) is 16.2 Å². The number of hydrogen-bond acceptors (Lipinski definition) is 6. The number of rotatable bonds is 6. The van der Waals surface area contributed by atoms with Gasteiger partial charge in [0.1, 0.15) is 18.1 Å². The third-order valence-electron chi connectivity index (χ3n) is 4.60. The van der Waals surface area contributed by atoms with Crippen molar-refractivity contribution in [2.75, 3.05) is 31.0 Å². The fraction of sp³-hybridized carbons (Fsp3) is 0.286. The number of benzene rings is 2. The third kappa shape index (κ3) is 4.79. The van der Waals surface area contributed by atoms with Crippen LogP contribution in [0.5, 0.6) is 11.5 Å². The Labute approximate surface area is 170 Å². The Bertz CT molecular complexity index is 927. The van der Waals surface area contributed by atoms with Gasteiger partial charge in [0.15, 0.2) is 0 Å². The van der Waals surface area contributed by atoms with E-state index >= 15 is 0 Å². The van der Waals surface area contributed by atoms with E-state index in [0.29, 0.717) is 11.4 Å². The summed E-state index contributed by atoms with van der Waals surface area (Å²) in [6.07, 6.45) is 2.08. The molecule has 1 aliphatic heterocycles. The van der Waals surface area contributed by atoms with Gasteiger partial charge in [-0.05, 0) is 55.3 Å². The number of urea groups is 1. The Hall–Kier alpha value is -3.23. The number of nitrogens with two attached hydrogens (primary N) is 1. The van der Waals surface area contributed by atoms with Gasteiger partial charge >= 0.3 is 6.03 Å². The average Bonchev–Trinajstić information content (AvgIpc) is 3.13. The van der Waals surface area contributed by atoms with E-state index < -0.39 is 6.03 Å². The van der Waals surface area contributed by atoms with Crippen LogP contribution in [0.3, 0.4) is 0 Å². The molecule has 29 heavy (non-hydrogen) atoms. The van der Waals surface area contributed by atoms with Crippen molar-refractivity contribution in [3.05, 3.63) is 59.3 Å². The molecule has 3 rings (SSSR count). The van der Waals surface area contributed by atoms with Crippen LogP contribution in [0.1, 0.15) is 18.1 Å². The molecule has 8 nitrogen and oxygen atoms in total. The number of hydrazine groups is 2. The molecular weight excluding hydrogens is 370 g/mol. The summed E-state index contributed by atoms with van der Waals surface area (Å²) in [6.45, 7) is 5.16. The predicted octanol–water partition coefficient (Wildman–Crippen LogP) is 3.15. The minimum atomic E-state index is -0.429. The van der Waals surface area contributed by atoms with E-state index in [0.717, 1.165) is 34.1 Å². The highest BCUT2D eigenvalue weighted by Gasteiger charge is 2.15. The number of anilines is 2. The summed E-state index contributed by atoms with van der Waals surface area (Å²) in [7, 11) is 3.06. The number of amides is 2. The lowest BCUT2D eigenvalue weighted by Crippen LogP contribution is -2.37. The van der Waals surface area contributed by atoms with Crippen LogP contribution >= 0.6 is 0 Å². The molecule has 154 valence electrons. The maximum Gasteiger partial charge on any atom is 0.335 e. The molecule has 0 spiro atoms. The van der Waals surface area contributed by atoms with Gasteiger partial charge in [-0.15, -0.1) is 0 Å². The lowest BCUT2D eigenvalue weighted by atomic mass is 10.1. The Kier molecular flexibility index (Phi) is 6.26. The lowest BCUT2D eigenvalue weighted by molar-refractivity contribution is 0.223. The number of nitrogens with zero attached hydrogens (tertiary/aromatic N) is 2. The summed E-state index contributed by atoms with van der Waals surface area (Å²) < 4.78 is 11.5. The number of nitrogens with one attached hydrogen (secondary N) is 2. The van der Waals surface area contributed by atoms with E-state index in [9.17, 15) is 4.79 Å². The average molecular weight is 397 g/mol. The van der Waals surface area contributed by atoms with Gasteiger partial charge in [0, 0.05) is 19.8 Å². The molecular formula is C21H27N5O3. The molecule has 0 radical (unpaired) electrons. The maximum absolute atomic E-state index is 12.0. The van der Waals surface area contributed by atoms with E-state index in [2.05, 4.69) is 29.9 Å². The first-order chi connectivity index (χ1) is 13.9. The van der Waals surface area contributed by atoms with E-state index in [-0.39, 0.29) is 6.61 Å². The largest absolute Gasteiger partial charge is 0.496 e. The van der Waals surface area contributed by atoms with E-state index in [4.69, 9.17) is 15.3 Å². The van der Waals surface area contributed by atoms with Crippen LogP contribution < -0.4 is 31.1 Å². The van der Waals surface area contributed by atoms with Crippen molar-refractivity contribution in [3.63, 3.8) is 0 Å². The smallest absolute Gasteiger partial charge is 0.335 e. The standard InChI is InChI=1S/C21H27N5O3/c1-14-11-23-26(12-14)16-8-9-19(15(2)10-16)29-13-17-18(24-21(27)25(3)22)6-5-7-20(17)28-4/h5-10,12,23H,11,13,22H2,1-4H3,(H,24,27). The van der Waals surface area contributed by atoms with Crippen LogP contribution in [0, 0.1) is 6.92 Å². The monoisotopic (exact) mass is 397 g/mol. The van der Waals surface area contributed by atoms with Gasteiger partial charge in [-0.1, -0.05) is 6.07 Å². The summed E-state index contributed by atoms with van der Waals surface area (Å²) in [5.41, 5.74) is 7.95. The number of aryl methyl sites for hydroxylation is 1. The van der Waals surface area contributed by atoms with E-state index in [1.807, 2.05) is 30.1 Å². The van der Waals surface area contributed by atoms with Crippen molar-refractivity contribution >= 4 is 17.4 Å². The van der Waals surface area contributed by atoms with Gasteiger partial charge in [-0.2, -0.15) is 0 Å². The molecule has 0 bridgehead atoms. The van der Waals surface area contributed by atoms with Gasteiger partial charge < -0.3 is 14.8 Å². The molecule has 0 unspecified atom stereocenters. The van der Waals surface area contributed by atoms with Crippen LogP contribution in [0.2, 0.25) is 0 Å². The Balaban J connectivity index is 1.78. The first kappa shape index (κ1) is 20.5. The highest BCUT2D eigenvalue weighted by atomic mass is 16.5. The van der Waals surface area contributed by atoms with Gasteiger partial charge in [-0.3, -0.25) is 10.0 Å². The molecule has 0 atom stereocenters. The zero-order valence-electron chi connectivity index (χ0n) is 17.2. The number of hydrogen-bond donors (Lipinski definition) is 3. The predicted molar refractivity (Wildman–Crippen MR) is 114 cm³/mol. The highest BCUT2D eigenvalue weighted by molar-refractivity contribution is 5.90. The van der Waals surface area contributed by atoms with Gasteiger partial charge in [0.05, 0.1) is 24.0 Å². The van der Waals surface area contributed by atoms with Gasteiger partial charge in [-0.25, -0.2) is 16.1 Å². The minimum absolute atomic E-state index is 0.231. The molecule has 0 saturated carbocycles. The normalized spacial score (nSPS) is 13.1. The second kappa shape index (κ2) is 8.85. The zero-order valence-corrected chi connectivity index (χ0v) is 17.2. The first-order valence-corrected chi connectivity index (χ1v) is 9.28. The fourth-order valence-corrected chi connectivity index (χ4v) is 3.01. The highest BCUT2D eigenvalue weighted by Crippen LogP contribution is 2.30. The van der Waals surface area contributed by atoms with E-state index in [1.165, 1.54) is 12.6 Å². The van der Waals surface area contributed by atoms with Crippen LogP contribution in [0.15, 0.2) is 48.2 Å². The zero-order chi connectivity index (χ0) is 21.0. The maximum atomic E-state index is 12.0. The lowest BCUT2D eigenvalue weighted by Gasteiger charge is -2.19. The van der Waals surface area contributed by atoms with Crippen molar-refractivity contribution in [1.29, 1.82) is 0 Å². The van der Waals surface area contributed by atoms with Gasteiger partial charge in [0.2, 0.25) is 0 Å². The molecule has 2 amide bonds. The molecule has 0 fully saturated rings. The molecule has 2 aromatic carbocycles. The number of carbonyl (C=O) groups excluding carboxylic acids is 1. The van der Waals surface area contributed by atoms with E-state index in [1.54, 1.807) is 19.2 Å². The van der Waals surface area contributed by atoms with Crippen molar-refractivity contribution in [3.8, 4) is 11.5 Å². The Morgan fingerprint density at radius 3 is 2.69 bits per heavy atom. The van der Waals surface area contributed by atoms with Crippen LogP contribution in [-0.4, -0.2) is 31.7 Å². The molecule has 8 heteroatoms. The second-order valence-corrected chi connectivity index (χ2v) is 6.95. The molecule has 2 aromatic rings.